The topological polar surface area (TPSA) is 89.8 Å². The SMILES string of the molecule is CCOC(=O)[C@@H]1CCCN(C(=O)/C=C/c2cccc([N+](=O)[O-])c2)C1. The molecule has 24 heavy (non-hydrogen) atoms. The first-order chi connectivity index (χ1) is 11.5. The fourth-order valence-corrected chi connectivity index (χ4v) is 2.64. The molecule has 1 atom stereocenters. The molecular weight excluding hydrogens is 312 g/mol. The van der Waals surface area contributed by atoms with Crippen LogP contribution in [0, 0.1) is 16.0 Å². The van der Waals surface area contributed by atoms with Gasteiger partial charge in [0, 0.05) is 31.3 Å². The van der Waals surface area contributed by atoms with Crippen LogP contribution in [0.15, 0.2) is 30.3 Å². The minimum absolute atomic E-state index is 0.0232. The molecule has 1 aromatic rings. The standard InChI is InChI=1S/C17H20N2O5/c1-2-24-17(21)14-6-4-10-18(12-14)16(20)9-8-13-5-3-7-15(11-13)19(22)23/h3,5,7-9,11,14H,2,4,6,10,12H2,1H3/b9-8+/t14-/m1/s1. The summed E-state index contributed by atoms with van der Waals surface area (Å²) in [6.45, 7) is 3.02. The van der Waals surface area contributed by atoms with E-state index in [1.54, 1.807) is 30.0 Å². The first-order valence-corrected chi connectivity index (χ1v) is 7.89. The number of hydrogen-bond acceptors (Lipinski definition) is 5. The third-order valence-corrected chi connectivity index (χ3v) is 3.85. The van der Waals surface area contributed by atoms with Crippen LogP contribution in [0.4, 0.5) is 5.69 Å². The van der Waals surface area contributed by atoms with Crippen LogP contribution in [0.1, 0.15) is 25.3 Å². The second-order valence-electron chi connectivity index (χ2n) is 5.56. The van der Waals surface area contributed by atoms with Crippen LogP contribution < -0.4 is 0 Å². The van der Waals surface area contributed by atoms with E-state index in [1.807, 2.05) is 0 Å². The minimum atomic E-state index is -0.478. The molecule has 0 unspecified atom stereocenters. The van der Waals surface area contributed by atoms with Crippen molar-refractivity contribution < 1.29 is 19.2 Å². The largest absolute Gasteiger partial charge is 0.466 e. The van der Waals surface area contributed by atoms with Gasteiger partial charge < -0.3 is 9.64 Å². The van der Waals surface area contributed by atoms with E-state index in [1.165, 1.54) is 18.2 Å². The van der Waals surface area contributed by atoms with Gasteiger partial charge in [0.1, 0.15) is 0 Å². The maximum Gasteiger partial charge on any atom is 0.310 e. The molecule has 1 aromatic carbocycles. The van der Waals surface area contributed by atoms with Crippen molar-refractivity contribution in [2.75, 3.05) is 19.7 Å². The maximum absolute atomic E-state index is 12.3. The van der Waals surface area contributed by atoms with Gasteiger partial charge in [0.05, 0.1) is 17.4 Å². The number of benzene rings is 1. The molecule has 0 aromatic heterocycles. The Bertz CT molecular complexity index is 656. The Hall–Kier alpha value is -2.70. The number of likely N-dealkylation sites (tertiary alicyclic amines) is 1. The maximum atomic E-state index is 12.3. The van der Waals surface area contributed by atoms with Crippen LogP contribution in [0.25, 0.3) is 6.08 Å². The first-order valence-electron chi connectivity index (χ1n) is 7.89. The summed E-state index contributed by atoms with van der Waals surface area (Å²) in [6, 6.07) is 6.06. The van der Waals surface area contributed by atoms with E-state index in [9.17, 15) is 19.7 Å². The van der Waals surface area contributed by atoms with Crippen molar-refractivity contribution in [3.05, 3.63) is 46.0 Å². The summed E-state index contributed by atoms with van der Waals surface area (Å²) in [6.07, 6.45) is 4.40. The molecule has 1 amide bonds. The number of nitro groups is 1. The molecular formula is C17H20N2O5. The molecule has 1 heterocycles. The van der Waals surface area contributed by atoms with Gasteiger partial charge in [-0.3, -0.25) is 19.7 Å². The number of hydrogen-bond donors (Lipinski definition) is 0. The number of rotatable bonds is 5. The lowest BCUT2D eigenvalue weighted by Crippen LogP contribution is -2.42. The van der Waals surface area contributed by atoms with Crippen LogP contribution in [-0.2, 0) is 14.3 Å². The van der Waals surface area contributed by atoms with Crippen molar-refractivity contribution in [3.63, 3.8) is 0 Å². The van der Waals surface area contributed by atoms with E-state index in [0.29, 0.717) is 25.3 Å². The van der Waals surface area contributed by atoms with E-state index in [4.69, 9.17) is 4.74 Å². The number of nitro benzene ring substituents is 1. The van der Waals surface area contributed by atoms with Crippen molar-refractivity contribution in [1.82, 2.24) is 4.90 Å². The van der Waals surface area contributed by atoms with Gasteiger partial charge in [0.15, 0.2) is 0 Å². The third kappa shape index (κ3) is 4.65. The Morgan fingerprint density at radius 3 is 2.96 bits per heavy atom. The number of non-ortho nitro benzene ring substituents is 1. The highest BCUT2D eigenvalue weighted by atomic mass is 16.6. The predicted octanol–water partition coefficient (Wildman–Crippen LogP) is 2.41. The molecule has 1 aliphatic heterocycles. The van der Waals surface area contributed by atoms with Gasteiger partial charge in [0.2, 0.25) is 5.91 Å². The first kappa shape index (κ1) is 17.7. The smallest absolute Gasteiger partial charge is 0.310 e. The van der Waals surface area contributed by atoms with Crippen LogP contribution in [0.2, 0.25) is 0 Å². The lowest BCUT2D eigenvalue weighted by molar-refractivity contribution is -0.384. The Labute approximate surface area is 140 Å². The van der Waals surface area contributed by atoms with Crippen molar-refractivity contribution in [1.29, 1.82) is 0 Å². The number of nitrogens with zero attached hydrogens (tertiary/aromatic N) is 2. The van der Waals surface area contributed by atoms with E-state index in [2.05, 4.69) is 0 Å². The minimum Gasteiger partial charge on any atom is -0.466 e. The van der Waals surface area contributed by atoms with E-state index in [0.717, 1.165) is 12.8 Å². The zero-order chi connectivity index (χ0) is 17.5. The Balaban J connectivity index is 1.99. The normalized spacial score (nSPS) is 17.7. The number of ether oxygens (including phenoxy) is 1. The zero-order valence-electron chi connectivity index (χ0n) is 13.5. The summed E-state index contributed by atoms with van der Waals surface area (Å²) in [5.74, 6) is -0.762. The van der Waals surface area contributed by atoms with Gasteiger partial charge in [-0.1, -0.05) is 12.1 Å². The van der Waals surface area contributed by atoms with Gasteiger partial charge in [-0.15, -0.1) is 0 Å². The summed E-state index contributed by atoms with van der Waals surface area (Å²) in [5.41, 5.74) is 0.557. The number of esters is 1. The summed E-state index contributed by atoms with van der Waals surface area (Å²) in [5, 5.41) is 10.8. The highest BCUT2D eigenvalue weighted by molar-refractivity contribution is 5.92. The molecule has 1 fully saturated rings. The second kappa shape index (κ2) is 8.24. The fourth-order valence-electron chi connectivity index (χ4n) is 2.64. The molecule has 1 aliphatic rings. The Morgan fingerprint density at radius 2 is 2.25 bits per heavy atom. The molecule has 128 valence electrons. The molecule has 1 saturated heterocycles. The highest BCUT2D eigenvalue weighted by Crippen LogP contribution is 2.19. The molecule has 0 spiro atoms. The number of amides is 1. The Kier molecular flexibility index (Phi) is 6.06. The van der Waals surface area contributed by atoms with Crippen molar-refractivity contribution in [2.24, 2.45) is 5.92 Å². The molecule has 7 nitrogen and oxygen atoms in total. The molecule has 0 bridgehead atoms. The van der Waals surface area contributed by atoms with E-state index < -0.39 is 4.92 Å². The predicted molar refractivity (Wildman–Crippen MR) is 88.1 cm³/mol. The zero-order valence-corrected chi connectivity index (χ0v) is 13.5. The van der Waals surface area contributed by atoms with Crippen LogP contribution in [0.3, 0.4) is 0 Å². The molecule has 7 heteroatoms. The van der Waals surface area contributed by atoms with Crippen LogP contribution >= 0.6 is 0 Å². The summed E-state index contributed by atoms with van der Waals surface area (Å²) < 4.78 is 5.02. The number of carbonyl (C=O) groups is 2. The van der Waals surface area contributed by atoms with Crippen LogP contribution in [0.5, 0.6) is 0 Å². The van der Waals surface area contributed by atoms with Gasteiger partial charge >= 0.3 is 5.97 Å². The monoisotopic (exact) mass is 332 g/mol. The lowest BCUT2D eigenvalue weighted by Gasteiger charge is -2.30. The van der Waals surface area contributed by atoms with Crippen LogP contribution in [-0.4, -0.2) is 41.4 Å². The molecule has 0 N–H and O–H groups in total. The highest BCUT2D eigenvalue weighted by Gasteiger charge is 2.28. The average molecular weight is 332 g/mol. The van der Waals surface area contributed by atoms with Crippen molar-refractivity contribution in [2.45, 2.75) is 19.8 Å². The third-order valence-electron chi connectivity index (χ3n) is 3.85. The molecule has 2 rings (SSSR count). The number of piperidine rings is 1. The second-order valence-corrected chi connectivity index (χ2v) is 5.56. The summed E-state index contributed by atoms with van der Waals surface area (Å²) >= 11 is 0. The number of carbonyl (C=O) groups excluding carboxylic acids is 2. The van der Waals surface area contributed by atoms with E-state index in [-0.39, 0.29) is 23.5 Å². The molecule has 0 aliphatic carbocycles. The molecule has 0 radical (unpaired) electrons. The quantitative estimate of drug-likeness (QED) is 0.357. The van der Waals surface area contributed by atoms with E-state index >= 15 is 0 Å². The Morgan fingerprint density at radius 1 is 1.46 bits per heavy atom. The summed E-state index contributed by atoms with van der Waals surface area (Å²) in [7, 11) is 0. The van der Waals surface area contributed by atoms with Gasteiger partial charge in [-0.2, -0.15) is 0 Å². The fraction of sp³-hybridized carbons (Fsp3) is 0.412. The average Bonchev–Trinajstić information content (AvgIpc) is 2.60. The van der Waals surface area contributed by atoms with Gasteiger partial charge in [-0.25, -0.2) is 0 Å². The lowest BCUT2D eigenvalue weighted by atomic mass is 9.98. The summed E-state index contributed by atoms with van der Waals surface area (Å²) in [4.78, 5) is 36.0. The van der Waals surface area contributed by atoms with Crippen molar-refractivity contribution >= 4 is 23.6 Å². The van der Waals surface area contributed by atoms with Crippen molar-refractivity contribution in [3.8, 4) is 0 Å². The molecule has 0 saturated carbocycles. The van der Waals surface area contributed by atoms with Gasteiger partial charge in [-0.05, 0) is 31.4 Å². The van der Waals surface area contributed by atoms with Gasteiger partial charge in [0.25, 0.3) is 5.69 Å².